The molecule has 0 radical (unpaired) electrons. The molecule has 1 saturated heterocycles. The summed E-state index contributed by atoms with van der Waals surface area (Å²) < 4.78 is 45.3. The van der Waals surface area contributed by atoms with Crippen LogP contribution in [0.1, 0.15) is 35.6 Å². The first-order chi connectivity index (χ1) is 14.7. The zero-order chi connectivity index (χ0) is 22.2. The third-order valence-electron chi connectivity index (χ3n) is 5.50. The monoisotopic (exact) mass is 452 g/mol. The molecule has 1 N–H and O–H groups in total. The molecule has 0 aromatic heterocycles. The summed E-state index contributed by atoms with van der Waals surface area (Å²) in [5, 5.41) is 3.32. The van der Waals surface area contributed by atoms with E-state index in [1.54, 1.807) is 23.1 Å². The van der Waals surface area contributed by atoms with Crippen molar-refractivity contribution in [3.63, 3.8) is 0 Å². The Morgan fingerprint density at radius 3 is 2.77 bits per heavy atom. The number of nitrogens with one attached hydrogen (secondary N) is 1. The van der Waals surface area contributed by atoms with Gasteiger partial charge in [0, 0.05) is 31.0 Å². The Morgan fingerprint density at radius 2 is 2.06 bits per heavy atom. The van der Waals surface area contributed by atoms with Crippen molar-refractivity contribution in [3.8, 4) is 5.75 Å². The number of fused-ring (bicyclic) bond motifs is 1. The fraction of sp³-hybridized carbons (Fsp3) is 0.364. The molecule has 2 aromatic rings. The molecule has 2 amide bonds. The van der Waals surface area contributed by atoms with E-state index >= 15 is 0 Å². The van der Waals surface area contributed by atoms with Crippen LogP contribution < -0.4 is 10.1 Å². The molecule has 4 rings (SSSR count). The molecule has 2 aliphatic rings. The van der Waals surface area contributed by atoms with Crippen molar-refractivity contribution < 1.29 is 27.5 Å². The molecule has 2 aromatic carbocycles. The number of halogens is 4. The second-order valence-electron chi connectivity index (χ2n) is 7.69. The Kier molecular flexibility index (Phi) is 5.83. The van der Waals surface area contributed by atoms with Crippen molar-refractivity contribution in [2.75, 3.05) is 13.1 Å². The predicted molar refractivity (Wildman–Crippen MR) is 108 cm³/mol. The second-order valence-corrected chi connectivity index (χ2v) is 8.13. The quantitative estimate of drug-likeness (QED) is 0.741. The van der Waals surface area contributed by atoms with Crippen LogP contribution in [0.3, 0.4) is 0 Å². The number of rotatable bonds is 5. The van der Waals surface area contributed by atoms with E-state index < -0.39 is 29.8 Å². The van der Waals surface area contributed by atoms with Gasteiger partial charge in [-0.15, -0.1) is 0 Å². The molecule has 31 heavy (non-hydrogen) atoms. The Labute approximate surface area is 182 Å². The van der Waals surface area contributed by atoms with Crippen LogP contribution in [0.4, 0.5) is 13.2 Å². The Hall–Kier alpha value is -2.74. The van der Waals surface area contributed by atoms with Crippen molar-refractivity contribution >= 4 is 23.4 Å². The van der Waals surface area contributed by atoms with Crippen molar-refractivity contribution in [2.24, 2.45) is 0 Å². The fourth-order valence-electron chi connectivity index (χ4n) is 3.91. The maximum atomic E-state index is 13.2. The number of nitrogens with zero attached hydrogens (tertiary/aromatic N) is 1. The highest BCUT2D eigenvalue weighted by atomic mass is 35.5. The highest BCUT2D eigenvalue weighted by molar-refractivity contribution is 6.30. The van der Waals surface area contributed by atoms with E-state index in [0.29, 0.717) is 36.6 Å². The third-order valence-corrected chi connectivity index (χ3v) is 5.73. The summed E-state index contributed by atoms with van der Waals surface area (Å²) in [6.07, 6.45) is -3.95. The van der Waals surface area contributed by atoms with Crippen molar-refractivity contribution in [1.82, 2.24) is 10.2 Å². The average Bonchev–Trinajstić information content (AvgIpc) is 3.32. The minimum atomic E-state index is -4.51. The normalized spacial score (nSPS) is 19.2. The van der Waals surface area contributed by atoms with Gasteiger partial charge in [0.05, 0.1) is 11.6 Å². The van der Waals surface area contributed by atoms with E-state index in [1.807, 2.05) is 0 Å². The highest BCUT2D eigenvalue weighted by Gasteiger charge is 2.34. The molecule has 1 fully saturated rings. The number of hydrogen-bond acceptors (Lipinski definition) is 3. The van der Waals surface area contributed by atoms with E-state index in [-0.39, 0.29) is 18.0 Å². The van der Waals surface area contributed by atoms with Gasteiger partial charge in [-0.2, -0.15) is 13.2 Å². The van der Waals surface area contributed by atoms with Gasteiger partial charge in [-0.25, -0.2) is 0 Å². The molecule has 0 aliphatic carbocycles. The molecular weight excluding hydrogens is 433 g/mol. The van der Waals surface area contributed by atoms with E-state index in [2.05, 4.69) is 5.32 Å². The number of hydrogen-bond donors (Lipinski definition) is 1. The molecule has 0 saturated carbocycles. The van der Waals surface area contributed by atoms with E-state index in [9.17, 15) is 22.8 Å². The first-order valence-electron chi connectivity index (χ1n) is 9.91. The van der Waals surface area contributed by atoms with Gasteiger partial charge in [-0.3, -0.25) is 9.59 Å². The SMILES string of the molecule is O=C(NC(CN1CCCC1=O)c1cccc(C(F)(F)F)c1)C1Cc2cc(Cl)ccc2O1. The summed E-state index contributed by atoms with van der Waals surface area (Å²) in [6.45, 7) is 0.603. The van der Waals surface area contributed by atoms with Crippen LogP contribution in [0.15, 0.2) is 42.5 Å². The molecule has 2 atom stereocenters. The summed E-state index contributed by atoms with van der Waals surface area (Å²) in [7, 11) is 0. The maximum Gasteiger partial charge on any atom is 0.416 e. The molecule has 2 aliphatic heterocycles. The molecule has 5 nitrogen and oxygen atoms in total. The van der Waals surface area contributed by atoms with Gasteiger partial charge in [0.2, 0.25) is 5.91 Å². The Morgan fingerprint density at radius 1 is 1.26 bits per heavy atom. The second kappa shape index (κ2) is 8.42. The van der Waals surface area contributed by atoms with Crippen molar-refractivity contribution in [3.05, 3.63) is 64.2 Å². The van der Waals surface area contributed by atoms with Gasteiger partial charge in [0.1, 0.15) is 5.75 Å². The van der Waals surface area contributed by atoms with Crippen LogP contribution >= 0.6 is 11.6 Å². The fourth-order valence-corrected chi connectivity index (χ4v) is 4.11. The molecule has 0 bridgehead atoms. The number of ether oxygens (including phenoxy) is 1. The number of likely N-dealkylation sites (tertiary alicyclic amines) is 1. The zero-order valence-electron chi connectivity index (χ0n) is 16.4. The Balaban J connectivity index is 1.55. The van der Waals surface area contributed by atoms with Crippen LogP contribution in [0, 0.1) is 0 Å². The average molecular weight is 453 g/mol. The molecule has 164 valence electrons. The van der Waals surface area contributed by atoms with Gasteiger partial charge in [0.15, 0.2) is 6.10 Å². The van der Waals surface area contributed by atoms with Crippen LogP contribution in [0.5, 0.6) is 5.75 Å². The van der Waals surface area contributed by atoms with Gasteiger partial charge in [0.25, 0.3) is 5.91 Å². The lowest BCUT2D eigenvalue weighted by atomic mass is 10.0. The minimum Gasteiger partial charge on any atom is -0.480 e. The van der Waals surface area contributed by atoms with Crippen LogP contribution in [-0.4, -0.2) is 35.9 Å². The lowest BCUT2D eigenvalue weighted by molar-refractivity contribution is -0.137. The van der Waals surface area contributed by atoms with Crippen LogP contribution in [0.2, 0.25) is 5.02 Å². The molecule has 9 heteroatoms. The molecular formula is C22H20ClF3N2O3. The molecule has 2 unspecified atom stereocenters. The van der Waals surface area contributed by atoms with E-state index in [0.717, 1.165) is 17.7 Å². The molecule has 2 heterocycles. The topological polar surface area (TPSA) is 58.6 Å². The summed E-state index contributed by atoms with van der Waals surface area (Å²) >= 11 is 5.99. The van der Waals surface area contributed by atoms with Crippen LogP contribution in [-0.2, 0) is 22.2 Å². The van der Waals surface area contributed by atoms with E-state index in [4.69, 9.17) is 16.3 Å². The predicted octanol–water partition coefficient (Wildman–Crippen LogP) is 4.14. The largest absolute Gasteiger partial charge is 0.480 e. The Bertz CT molecular complexity index is 1010. The number of amides is 2. The minimum absolute atomic E-state index is 0.0783. The standard InChI is InChI=1S/C22H20ClF3N2O3/c23-16-6-7-18-14(10-16)11-19(31-18)21(30)27-17(12-28-8-2-5-20(28)29)13-3-1-4-15(9-13)22(24,25)26/h1,3-4,6-7,9-10,17,19H,2,5,8,11-12H2,(H,27,30). The number of alkyl halides is 3. The number of carbonyl (C=O) groups excluding carboxylic acids is 2. The maximum absolute atomic E-state index is 13.2. The van der Waals surface area contributed by atoms with Gasteiger partial charge < -0.3 is 15.0 Å². The summed E-state index contributed by atoms with van der Waals surface area (Å²) in [6, 6.07) is 9.06. The van der Waals surface area contributed by atoms with E-state index in [1.165, 1.54) is 12.1 Å². The van der Waals surface area contributed by atoms with Crippen LogP contribution in [0.25, 0.3) is 0 Å². The number of benzene rings is 2. The highest BCUT2D eigenvalue weighted by Crippen LogP contribution is 2.33. The zero-order valence-corrected chi connectivity index (χ0v) is 17.2. The summed E-state index contributed by atoms with van der Waals surface area (Å²) in [5.74, 6) is 0.0154. The van der Waals surface area contributed by atoms with Gasteiger partial charge in [-0.1, -0.05) is 23.7 Å². The van der Waals surface area contributed by atoms with Crippen molar-refractivity contribution in [1.29, 1.82) is 0 Å². The number of carbonyl (C=O) groups is 2. The lowest BCUT2D eigenvalue weighted by Crippen LogP contribution is -2.44. The summed E-state index contributed by atoms with van der Waals surface area (Å²) in [5.41, 5.74) is 0.260. The first-order valence-corrected chi connectivity index (χ1v) is 10.3. The smallest absolute Gasteiger partial charge is 0.416 e. The van der Waals surface area contributed by atoms with Gasteiger partial charge >= 0.3 is 6.18 Å². The first kappa shape index (κ1) is 21.5. The summed E-state index contributed by atoms with van der Waals surface area (Å²) in [4.78, 5) is 26.6. The van der Waals surface area contributed by atoms with Crippen molar-refractivity contribution in [2.45, 2.75) is 37.6 Å². The lowest BCUT2D eigenvalue weighted by Gasteiger charge is -2.26. The molecule has 0 spiro atoms. The van der Waals surface area contributed by atoms with Gasteiger partial charge in [-0.05, 0) is 47.9 Å². The third kappa shape index (κ3) is 4.79.